The molecule has 1 saturated heterocycles. The quantitative estimate of drug-likeness (QED) is 0.673. The van der Waals surface area contributed by atoms with Crippen molar-refractivity contribution >= 4 is 0 Å². The first kappa shape index (κ1) is 16.4. The van der Waals surface area contributed by atoms with E-state index in [-0.39, 0.29) is 6.92 Å². The van der Waals surface area contributed by atoms with Gasteiger partial charge in [0.25, 0.3) is 0 Å². The third-order valence-electron chi connectivity index (χ3n) is 2.75. The van der Waals surface area contributed by atoms with Gasteiger partial charge in [-0.1, -0.05) is 0 Å². The lowest BCUT2D eigenvalue weighted by Crippen LogP contribution is -2.74. The maximum Gasteiger partial charge on any atom is 0.449 e. The Kier molecular flexibility index (Phi) is 3.38. The van der Waals surface area contributed by atoms with E-state index in [0.29, 0.717) is 0 Å². The van der Waals surface area contributed by atoms with Crippen LogP contribution in [0.15, 0.2) is 0 Å². The average Bonchev–Trinajstić information content (AvgIpc) is 2.10. The number of halogens is 8. The zero-order chi connectivity index (χ0) is 15.5. The van der Waals surface area contributed by atoms with E-state index in [2.05, 4.69) is 4.74 Å². The number of hydrogen-bond acceptors (Lipinski definition) is 3. The summed E-state index contributed by atoms with van der Waals surface area (Å²) in [5.41, 5.74) is -3.75. The van der Waals surface area contributed by atoms with Gasteiger partial charge in [-0.05, 0) is 6.92 Å². The van der Waals surface area contributed by atoms with Crippen molar-refractivity contribution < 1.29 is 50.1 Å². The second kappa shape index (κ2) is 3.92. The van der Waals surface area contributed by atoms with E-state index in [9.17, 15) is 35.1 Å². The standard InChI is InChI=1S/C8H8F8O3/c1-4(17)2-3(5(9,10)11)19-7(18,6(4,12)13)8(14,15)16/h3,17-18H,2H2,1H3. The first-order chi connectivity index (χ1) is 8.06. The maximum atomic E-state index is 13.4. The topological polar surface area (TPSA) is 49.7 Å². The normalized spacial score (nSPS) is 40.3. The van der Waals surface area contributed by atoms with Crippen molar-refractivity contribution in [3.8, 4) is 0 Å². The zero-order valence-electron chi connectivity index (χ0n) is 9.11. The summed E-state index contributed by atoms with van der Waals surface area (Å²) in [5, 5.41) is 18.0. The van der Waals surface area contributed by atoms with E-state index >= 15 is 0 Å². The van der Waals surface area contributed by atoms with Crippen LogP contribution in [-0.2, 0) is 4.74 Å². The third kappa shape index (κ3) is 2.27. The van der Waals surface area contributed by atoms with E-state index in [4.69, 9.17) is 10.2 Å². The minimum absolute atomic E-state index is 0.0605. The fraction of sp³-hybridized carbons (Fsp3) is 1.00. The summed E-state index contributed by atoms with van der Waals surface area (Å²) in [6, 6.07) is 0. The second-order valence-electron chi connectivity index (χ2n) is 4.34. The molecule has 3 unspecified atom stereocenters. The highest BCUT2D eigenvalue weighted by Gasteiger charge is 2.81. The minimum Gasteiger partial charge on any atom is -0.384 e. The monoisotopic (exact) mass is 304 g/mol. The Morgan fingerprint density at radius 1 is 1.05 bits per heavy atom. The fourth-order valence-electron chi connectivity index (χ4n) is 1.60. The minimum atomic E-state index is -6.23. The summed E-state index contributed by atoms with van der Waals surface area (Å²) in [5.74, 6) is -10.8. The van der Waals surface area contributed by atoms with Crippen LogP contribution < -0.4 is 0 Å². The van der Waals surface area contributed by atoms with Crippen LogP contribution >= 0.6 is 0 Å². The molecule has 0 spiro atoms. The van der Waals surface area contributed by atoms with Crippen LogP contribution in [0.3, 0.4) is 0 Å². The molecule has 11 heteroatoms. The van der Waals surface area contributed by atoms with Crippen molar-refractivity contribution in [2.45, 2.75) is 49.1 Å². The molecule has 0 aromatic carbocycles. The summed E-state index contributed by atoms with van der Waals surface area (Å²) < 4.78 is 104. The zero-order valence-corrected chi connectivity index (χ0v) is 9.11. The lowest BCUT2D eigenvalue weighted by atomic mass is 9.82. The van der Waals surface area contributed by atoms with Gasteiger partial charge in [-0.3, -0.25) is 0 Å². The van der Waals surface area contributed by atoms with Crippen molar-refractivity contribution in [3.63, 3.8) is 0 Å². The van der Waals surface area contributed by atoms with E-state index in [0.717, 1.165) is 0 Å². The van der Waals surface area contributed by atoms with Gasteiger partial charge in [0.15, 0.2) is 6.10 Å². The predicted molar refractivity (Wildman–Crippen MR) is 42.1 cm³/mol. The summed E-state index contributed by atoms with van der Waals surface area (Å²) in [4.78, 5) is 0. The van der Waals surface area contributed by atoms with Gasteiger partial charge < -0.3 is 14.9 Å². The summed E-state index contributed by atoms with van der Waals surface area (Å²) in [7, 11) is 0. The molecule has 1 rings (SSSR count). The molecule has 1 heterocycles. The number of alkyl halides is 8. The van der Waals surface area contributed by atoms with Crippen LogP contribution in [0.2, 0.25) is 0 Å². The highest BCUT2D eigenvalue weighted by molar-refractivity contribution is 5.08. The van der Waals surface area contributed by atoms with Crippen LogP contribution in [0.1, 0.15) is 13.3 Å². The van der Waals surface area contributed by atoms with Gasteiger partial charge in [-0.2, -0.15) is 35.1 Å². The molecule has 0 aliphatic carbocycles. The molecule has 0 aromatic rings. The molecule has 2 N–H and O–H groups in total. The van der Waals surface area contributed by atoms with Gasteiger partial charge in [0.1, 0.15) is 5.60 Å². The van der Waals surface area contributed by atoms with Crippen LogP contribution in [0.25, 0.3) is 0 Å². The van der Waals surface area contributed by atoms with Gasteiger partial charge >= 0.3 is 24.1 Å². The largest absolute Gasteiger partial charge is 0.449 e. The Morgan fingerprint density at radius 2 is 1.47 bits per heavy atom. The van der Waals surface area contributed by atoms with Crippen LogP contribution in [0.5, 0.6) is 0 Å². The van der Waals surface area contributed by atoms with Gasteiger partial charge in [0.05, 0.1) is 0 Å². The molecule has 114 valence electrons. The molecular weight excluding hydrogens is 296 g/mol. The van der Waals surface area contributed by atoms with Crippen molar-refractivity contribution in [1.29, 1.82) is 0 Å². The molecule has 0 saturated carbocycles. The van der Waals surface area contributed by atoms with E-state index in [1.54, 1.807) is 0 Å². The van der Waals surface area contributed by atoms with Crippen molar-refractivity contribution in [3.05, 3.63) is 0 Å². The Bertz CT molecular complexity index is 360. The van der Waals surface area contributed by atoms with Gasteiger partial charge in [-0.15, -0.1) is 0 Å². The number of rotatable bonds is 0. The Hall–Kier alpha value is -0.680. The number of ether oxygens (including phenoxy) is 1. The summed E-state index contributed by atoms with van der Waals surface area (Å²) in [6.45, 7) is 0.0605. The molecule has 3 atom stereocenters. The van der Waals surface area contributed by atoms with Crippen molar-refractivity contribution in [2.75, 3.05) is 0 Å². The Morgan fingerprint density at radius 3 is 1.79 bits per heavy atom. The van der Waals surface area contributed by atoms with E-state index in [1.807, 2.05) is 0 Å². The lowest BCUT2D eigenvalue weighted by molar-refractivity contribution is -0.496. The molecule has 0 radical (unpaired) electrons. The molecule has 19 heavy (non-hydrogen) atoms. The molecule has 1 fully saturated rings. The van der Waals surface area contributed by atoms with E-state index < -0.39 is 42.2 Å². The first-order valence-electron chi connectivity index (χ1n) is 4.70. The Labute approximate surface area is 100 Å². The molecule has 1 aliphatic heterocycles. The molecule has 1 aliphatic rings. The molecule has 0 aromatic heterocycles. The lowest BCUT2D eigenvalue weighted by Gasteiger charge is -2.50. The van der Waals surface area contributed by atoms with Crippen LogP contribution in [0, 0.1) is 0 Å². The van der Waals surface area contributed by atoms with Crippen molar-refractivity contribution in [2.24, 2.45) is 0 Å². The van der Waals surface area contributed by atoms with E-state index in [1.165, 1.54) is 0 Å². The fourth-order valence-corrected chi connectivity index (χ4v) is 1.60. The molecule has 0 amide bonds. The first-order valence-corrected chi connectivity index (χ1v) is 4.70. The number of aliphatic hydroxyl groups is 2. The average molecular weight is 304 g/mol. The maximum absolute atomic E-state index is 13.4. The smallest absolute Gasteiger partial charge is 0.384 e. The molecule has 0 bridgehead atoms. The van der Waals surface area contributed by atoms with Gasteiger partial charge in [0, 0.05) is 6.42 Å². The predicted octanol–water partition coefficient (Wildman–Crippen LogP) is 1.97. The summed E-state index contributed by atoms with van der Waals surface area (Å²) in [6.07, 6.45) is -16.9. The third-order valence-corrected chi connectivity index (χ3v) is 2.75. The Balaban J connectivity index is 3.36. The SMILES string of the molecule is CC1(O)CC(C(F)(F)F)OC(O)(C(F)(F)F)C1(F)F. The second-order valence-corrected chi connectivity index (χ2v) is 4.34. The highest BCUT2D eigenvalue weighted by Crippen LogP contribution is 2.55. The van der Waals surface area contributed by atoms with Crippen LogP contribution in [-0.4, -0.2) is 46.0 Å². The van der Waals surface area contributed by atoms with Crippen LogP contribution in [0.4, 0.5) is 35.1 Å². The van der Waals surface area contributed by atoms with Gasteiger partial charge in [-0.25, -0.2) is 0 Å². The highest BCUT2D eigenvalue weighted by atomic mass is 19.4. The molecular formula is C8H8F8O3. The summed E-state index contributed by atoms with van der Waals surface area (Å²) >= 11 is 0. The molecule has 3 nitrogen and oxygen atoms in total. The van der Waals surface area contributed by atoms with Gasteiger partial charge in [0.2, 0.25) is 0 Å². The van der Waals surface area contributed by atoms with Crippen molar-refractivity contribution in [1.82, 2.24) is 0 Å². The number of hydrogen-bond donors (Lipinski definition) is 2.